The fourth-order valence-corrected chi connectivity index (χ4v) is 2.77. The minimum absolute atomic E-state index is 0.0907. The van der Waals surface area contributed by atoms with Crippen LogP contribution in [0.5, 0.6) is 0 Å². The highest BCUT2D eigenvalue weighted by Gasteiger charge is 2.60. The Kier molecular flexibility index (Phi) is 4.17. The van der Waals surface area contributed by atoms with E-state index < -0.39 is 0 Å². The Morgan fingerprint density at radius 3 is 1.60 bits per heavy atom. The van der Waals surface area contributed by atoms with Gasteiger partial charge in [0.1, 0.15) is 0 Å². The van der Waals surface area contributed by atoms with Gasteiger partial charge < -0.3 is 4.74 Å². The van der Waals surface area contributed by atoms with E-state index in [1.54, 1.807) is 0 Å². The van der Waals surface area contributed by atoms with Crippen LogP contribution < -0.4 is 0 Å². The predicted octanol–water partition coefficient (Wildman–Crippen LogP) is 4.06. The van der Waals surface area contributed by atoms with Crippen molar-refractivity contribution in [2.24, 2.45) is 34.0 Å². The number of rotatable bonds is 3. The molecule has 0 saturated carbocycles. The number of carbonyl (C=O) groups excluding carboxylic acids is 2. The van der Waals surface area contributed by atoms with Crippen LogP contribution in [0.15, 0.2) is 0 Å². The standard InChI is InChI=1S/C17H30O3/c1-10(2)16(6,7)11-12(14(19)20-13(11)18)17(8,9)15(3,4)5/h10-12H,1-9H3. The molecule has 0 aromatic carbocycles. The number of hydrogen-bond donors (Lipinski definition) is 0. The molecule has 3 nitrogen and oxygen atoms in total. The Morgan fingerprint density at radius 1 is 0.850 bits per heavy atom. The van der Waals surface area contributed by atoms with Crippen molar-refractivity contribution >= 4 is 11.9 Å². The number of hydrogen-bond acceptors (Lipinski definition) is 3. The fourth-order valence-electron chi connectivity index (χ4n) is 2.77. The zero-order valence-electron chi connectivity index (χ0n) is 14.5. The normalized spacial score (nSPS) is 25.3. The summed E-state index contributed by atoms with van der Waals surface area (Å²) < 4.78 is 5.03. The van der Waals surface area contributed by atoms with E-state index in [-0.39, 0.29) is 40.0 Å². The van der Waals surface area contributed by atoms with Crippen LogP contribution >= 0.6 is 0 Å². The second-order valence-corrected chi connectivity index (χ2v) is 8.64. The van der Waals surface area contributed by atoms with E-state index in [1.807, 2.05) is 0 Å². The van der Waals surface area contributed by atoms with E-state index in [4.69, 9.17) is 4.74 Å². The minimum Gasteiger partial charge on any atom is -0.393 e. The van der Waals surface area contributed by atoms with Gasteiger partial charge in [0.05, 0.1) is 11.8 Å². The highest BCUT2D eigenvalue weighted by molar-refractivity contribution is 5.97. The van der Waals surface area contributed by atoms with E-state index in [0.717, 1.165) is 0 Å². The number of carbonyl (C=O) groups is 2. The first-order valence-electron chi connectivity index (χ1n) is 7.50. The zero-order valence-corrected chi connectivity index (χ0v) is 14.5. The van der Waals surface area contributed by atoms with Crippen molar-refractivity contribution in [2.45, 2.75) is 62.3 Å². The van der Waals surface area contributed by atoms with Gasteiger partial charge in [-0.25, -0.2) is 0 Å². The molecule has 116 valence electrons. The first-order chi connectivity index (χ1) is 8.74. The molecule has 0 aliphatic carbocycles. The van der Waals surface area contributed by atoms with Crippen LogP contribution in [-0.4, -0.2) is 11.9 Å². The van der Waals surface area contributed by atoms with Gasteiger partial charge >= 0.3 is 11.9 Å². The van der Waals surface area contributed by atoms with E-state index in [1.165, 1.54) is 0 Å². The molecule has 0 aromatic heterocycles. The van der Waals surface area contributed by atoms with Crippen LogP contribution in [0.1, 0.15) is 62.3 Å². The van der Waals surface area contributed by atoms with Crippen LogP contribution in [0.25, 0.3) is 0 Å². The monoisotopic (exact) mass is 282 g/mol. The molecule has 0 amide bonds. The first-order valence-corrected chi connectivity index (χ1v) is 7.50. The maximum Gasteiger partial charge on any atom is 0.318 e. The number of ether oxygens (including phenoxy) is 1. The molecule has 1 fully saturated rings. The third-order valence-electron chi connectivity index (χ3n) is 6.04. The summed E-state index contributed by atoms with van der Waals surface area (Å²) in [6.45, 7) is 18.8. The van der Waals surface area contributed by atoms with Crippen molar-refractivity contribution in [3.63, 3.8) is 0 Å². The highest BCUT2D eigenvalue weighted by atomic mass is 16.6. The summed E-state index contributed by atoms with van der Waals surface area (Å²) in [7, 11) is 0. The lowest BCUT2D eigenvalue weighted by Crippen LogP contribution is -2.47. The van der Waals surface area contributed by atoms with E-state index in [2.05, 4.69) is 62.3 Å². The van der Waals surface area contributed by atoms with Gasteiger partial charge in [0.25, 0.3) is 0 Å². The predicted molar refractivity (Wildman–Crippen MR) is 79.9 cm³/mol. The van der Waals surface area contributed by atoms with Crippen molar-refractivity contribution in [2.75, 3.05) is 0 Å². The van der Waals surface area contributed by atoms with Gasteiger partial charge in [0.2, 0.25) is 0 Å². The maximum absolute atomic E-state index is 12.3. The Labute approximate surface area is 123 Å². The van der Waals surface area contributed by atoms with Crippen LogP contribution in [0, 0.1) is 34.0 Å². The van der Waals surface area contributed by atoms with E-state index in [0.29, 0.717) is 5.92 Å². The Balaban J connectivity index is 3.35. The van der Waals surface area contributed by atoms with Crippen LogP contribution in [0.2, 0.25) is 0 Å². The quantitative estimate of drug-likeness (QED) is 0.579. The molecule has 1 saturated heterocycles. The molecule has 20 heavy (non-hydrogen) atoms. The molecule has 1 heterocycles. The summed E-state index contributed by atoms with van der Waals surface area (Å²) in [5.74, 6) is -1.16. The highest BCUT2D eigenvalue weighted by Crippen LogP contribution is 2.55. The number of cyclic esters (lactones) is 2. The third kappa shape index (κ3) is 2.51. The molecule has 0 radical (unpaired) electrons. The molecule has 2 atom stereocenters. The van der Waals surface area contributed by atoms with Crippen LogP contribution in [0.4, 0.5) is 0 Å². The van der Waals surface area contributed by atoms with Crippen molar-refractivity contribution in [1.29, 1.82) is 0 Å². The average molecular weight is 282 g/mol. The Morgan fingerprint density at radius 2 is 1.25 bits per heavy atom. The van der Waals surface area contributed by atoms with Gasteiger partial charge in [0.15, 0.2) is 0 Å². The Hall–Kier alpha value is -0.860. The summed E-state index contributed by atoms with van der Waals surface area (Å²) in [5.41, 5.74) is -0.671. The molecule has 3 heteroatoms. The first kappa shape index (κ1) is 17.2. The largest absolute Gasteiger partial charge is 0.393 e. The molecule has 1 rings (SSSR count). The Bertz CT molecular complexity index is 410. The van der Waals surface area contributed by atoms with Gasteiger partial charge in [0, 0.05) is 0 Å². The van der Waals surface area contributed by atoms with Gasteiger partial charge in [-0.2, -0.15) is 0 Å². The second kappa shape index (κ2) is 4.85. The molecular weight excluding hydrogens is 252 g/mol. The summed E-state index contributed by atoms with van der Waals surface area (Å²) in [4.78, 5) is 24.6. The average Bonchev–Trinajstić information content (AvgIpc) is 2.52. The molecular formula is C17H30O3. The van der Waals surface area contributed by atoms with Crippen molar-refractivity contribution in [1.82, 2.24) is 0 Å². The molecule has 0 bridgehead atoms. The van der Waals surface area contributed by atoms with Gasteiger partial charge in [-0.3, -0.25) is 9.59 Å². The van der Waals surface area contributed by atoms with Crippen molar-refractivity contribution in [3.05, 3.63) is 0 Å². The summed E-state index contributed by atoms with van der Waals surface area (Å²) in [6, 6.07) is 0. The van der Waals surface area contributed by atoms with E-state index in [9.17, 15) is 9.59 Å². The van der Waals surface area contributed by atoms with Crippen molar-refractivity contribution < 1.29 is 14.3 Å². The molecule has 0 spiro atoms. The summed E-state index contributed by atoms with van der Waals surface area (Å²) >= 11 is 0. The van der Waals surface area contributed by atoms with Gasteiger partial charge in [-0.15, -0.1) is 0 Å². The molecule has 2 unspecified atom stereocenters. The number of esters is 2. The van der Waals surface area contributed by atoms with Gasteiger partial charge in [-0.05, 0) is 22.2 Å². The molecule has 0 N–H and O–H groups in total. The van der Waals surface area contributed by atoms with E-state index >= 15 is 0 Å². The smallest absolute Gasteiger partial charge is 0.318 e. The van der Waals surface area contributed by atoms with Crippen molar-refractivity contribution in [3.8, 4) is 0 Å². The summed E-state index contributed by atoms with van der Waals surface area (Å²) in [6.07, 6.45) is 0. The topological polar surface area (TPSA) is 43.4 Å². The fraction of sp³-hybridized carbons (Fsp3) is 0.882. The molecule has 1 aliphatic heterocycles. The minimum atomic E-state index is -0.382. The summed E-state index contributed by atoms with van der Waals surface area (Å²) in [5, 5.41) is 0. The maximum atomic E-state index is 12.3. The van der Waals surface area contributed by atoms with Crippen LogP contribution in [0.3, 0.4) is 0 Å². The second-order valence-electron chi connectivity index (χ2n) is 8.64. The lowest BCUT2D eigenvalue weighted by atomic mass is 9.54. The SMILES string of the molecule is CC(C)C(C)(C)C1C(=O)OC(=O)C1C(C)(C)C(C)(C)C. The van der Waals surface area contributed by atoms with Crippen LogP contribution in [-0.2, 0) is 14.3 Å². The zero-order chi connectivity index (χ0) is 16.1. The lowest BCUT2D eigenvalue weighted by molar-refractivity contribution is -0.155. The molecule has 0 aromatic rings. The third-order valence-corrected chi connectivity index (χ3v) is 6.04. The van der Waals surface area contributed by atoms with Gasteiger partial charge in [-0.1, -0.05) is 62.3 Å². The lowest BCUT2D eigenvalue weighted by Gasteiger charge is -2.47. The molecule has 1 aliphatic rings.